The third-order valence-corrected chi connectivity index (χ3v) is 4.63. The van der Waals surface area contributed by atoms with E-state index in [4.69, 9.17) is 4.74 Å². The molecule has 2 aliphatic rings. The predicted octanol–water partition coefficient (Wildman–Crippen LogP) is 1.59. The fourth-order valence-corrected chi connectivity index (χ4v) is 3.18. The van der Waals surface area contributed by atoms with Crippen molar-refractivity contribution in [3.63, 3.8) is 0 Å². The molecule has 2 fully saturated rings. The normalized spacial score (nSPS) is 20.8. The quantitative estimate of drug-likeness (QED) is 0.925. The first-order valence-electron chi connectivity index (χ1n) is 8.37. The minimum absolute atomic E-state index is 0.00126. The van der Waals surface area contributed by atoms with Crippen molar-refractivity contribution in [2.75, 3.05) is 19.8 Å². The Bertz CT molecular complexity index is 699. The lowest BCUT2D eigenvalue weighted by molar-refractivity contribution is 0.00463. The van der Waals surface area contributed by atoms with E-state index in [0.717, 1.165) is 11.3 Å². The molecule has 0 bridgehead atoms. The highest BCUT2D eigenvalue weighted by atomic mass is 16.5. The molecule has 1 aliphatic heterocycles. The summed E-state index contributed by atoms with van der Waals surface area (Å²) < 4.78 is 7.25. The number of nitrogens with zero attached hydrogens (tertiary/aromatic N) is 4. The number of benzene rings is 1. The molecular formula is C17H21N5O2. The van der Waals surface area contributed by atoms with Crippen molar-refractivity contribution < 1.29 is 9.53 Å². The van der Waals surface area contributed by atoms with E-state index in [1.54, 1.807) is 11.0 Å². The number of ether oxygens (including phenoxy) is 1. The Labute approximate surface area is 140 Å². The topological polar surface area (TPSA) is 72.3 Å². The maximum absolute atomic E-state index is 12.6. The van der Waals surface area contributed by atoms with Crippen molar-refractivity contribution >= 4 is 6.03 Å². The maximum atomic E-state index is 12.6. The van der Waals surface area contributed by atoms with Gasteiger partial charge < -0.3 is 15.0 Å². The third-order valence-electron chi connectivity index (χ3n) is 4.63. The van der Waals surface area contributed by atoms with E-state index in [1.165, 1.54) is 19.2 Å². The third kappa shape index (κ3) is 3.26. The fourth-order valence-electron chi connectivity index (χ4n) is 3.18. The molecule has 1 atom stereocenters. The van der Waals surface area contributed by atoms with Crippen LogP contribution in [0.1, 0.15) is 18.4 Å². The van der Waals surface area contributed by atoms with Gasteiger partial charge in [0.25, 0.3) is 0 Å². The van der Waals surface area contributed by atoms with Gasteiger partial charge in [-0.15, -0.1) is 0 Å². The molecule has 4 rings (SSSR count). The number of urea groups is 1. The summed E-state index contributed by atoms with van der Waals surface area (Å²) in [6.07, 6.45) is 5.58. The van der Waals surface area contributed by atoms with E-state index >= 15 is 0 Å². The molecule has 1 aromatic heterocycles. The first-order chi connectivity index (χ1) is 11.8. The van der Waals surface area contributed by atoms with Gasteiger partial charge in [0.05, 0.1) is 24.9 Å². The van der Waals surface area contributed by atoms with Crippen molar-refractivity contribution in [1.82, 2.24) is 25.0 Å². The zero-order valence-corrected chi connectivity index (χ0v) is 13.5. The number of morpholine rings is 1. The van der Waals surface area contributed by atoms with Crippen molar-refractivity contribution in [1.29, 1.82) is 0 Å². The molecule has 2 aromatic rings. The first-order valence-corrected chi connectivity index (χ1v) is 8.37. The monoisotopic (exact) mass is 327 g/mol. The summed E-state index contributed by atoms with van der Waals surface area (Å²) in [6.45, 7) is 2.46. The van der Waals surface area contributed by atoms with Gasteiger partial charge in [0.15, 0.2) is 0 Å². The Balaban J connectivity index is 1.39. The highest BCUT2D eigenvalue weighted by molar-refractivity contribution is 5.74. The van der Waals surface area contributed by atoms with Crippen LogP contribution < -0.4 is 5.32 Å². The number of amides is 2. The van der Waals surface area contributed by atoms with E-state index in [2.05, 4.69) is 15.4 Å². The first kappa shape index (κ1) is 15.1. The summed E-state index contributed by atoms with van der Waals surface area (Å²) in [4.78, 5) is 18.5. The van der Waals surface area contributed by atoms with Crippen LogP contribution >= 0.6 is 0 Å². The van der Waals surface area contributed by atoms with Gasteiger partial charge in [-0.25, -0.2) is 14.5 Å². The van der Waals surface area contributed by atoms with Crippen LogP contribution in [0.15, 0.2) is 36.9 Å². The number of carbonyl (C=O) groups is 1. The van der Waals surface area contributed by atoms with Gasteiger partial charge >= 0.3 is 6.03 Å². The predicted molar refractivity (Wildman–Crippen MR) is 87.6 cm³/mol. The minimum atomic E-state index is 0.00126. The summed E-state index contributed by atoms with van der Waals surface area (Å²) in [5.74, 6) is 0.617. The molecule has 1 aromatic carbocycles. The van der Waals surface area contributed by atoms with Gasteiger partial charge in [0.1, 0.15) is 12.7 Å². The van der Waals surface area contributed by atoms with Crippen molar-refractivity contribution in [2.24, 2.45) is 5.92 Å². The Kier molecular flexibility index (Phi) is 4.17. The molecule has 1 saturated heterocycles. The number of aromatic nitrogens is 3. The van der Waals surface area contributed by atoms with Crippen molar-refractivity contribution in [3.05, 3.63) is 42.5 Å². The summed E-state index contributed by atoms with van der Waals surface area (Å²) in [5.41, 5.74) is 1.97. The van der Waals surface area contributed by atoms with Gasteiger partial charge in [-0.2, -0.15) is 5.10 Å². The number of rotatable bonds is 4. The summed E-state index contributed by atoms with van der Waals surface area (Å²) in [7, 11) is 0. The van der Waals surface area contributed by atoms with Crippen LogP contribution in [0.3, 0.4) is 0 Å². The number of hydrogen-bond acceptors (Lipinski definition) is 4. The molecule has 126 valence electrons. The van der Waals surface area contributed by atoms with Crippen LogP contribution in [0, 0.1) is 5.92 Å². The zero-order chi connectivity index (χ0) is 16.4. The Morgan fingerprint density at radius 3 is 3.08 bits per heavy atom. The van der Waals surface area contributed by atoms with Crippen LogP contribution in [-0.4, -0.2) is 51.5 Å². The van der Waals surface area contributed by atoms with E-state index in [-0.39, 0.29) is 12.1 Å². The zero-order valence-electron chi connectivity index (χ0n) is 13.5. The highest BCUT2D eigenvalue weighted by Gasteiger charge is 2.39. The van der Waals surface area contributed by atoms with Crippen molar-refractivity contribution in [3.8, 4) is 5.69 Å². The minimum Gasteiger partial charge on any atom is -0.377 e. The van der Waals surface area contributed by atoms with Crippen LogP contribution in [0.25, 0.3) is 5.69 Å². The molecule has 0 radical (unpaired) electrons. The number of nitrogens with one attached hydrogen (secondary N) is 1. The standard InChI is InChI=1S/C17H21N5O2/c23-17(21-6-7-24-10-16(21)14-4-5-14)19-9-13-2-1-3-15(8-13)22-12-18-11-20-22/h1-3,8,11-12,14,16H,4-7,9-10H2,(H,19,23)/t16-/m0/s1. The van der Waals surface area contributed by atoms with E-state index in [1.807, 2.05) is 29.2 Å². The molecule has 1 saturated carbocycles. The second-order valence-corrected chi connectivity index (χ2v) is 6.34. The number of hydrogen-bond donors (Lipinski definition) is 1. The average molecular weight is 327 g/mol. The molecule has 7 heteroatoms. The molecule has 24 heavy (non-hydrogen) atoms. The lowest BCUT2D eigenvalue weighted by atomic mass is 10.1. The molecule has 1 N–H and O–H groups in total. The molecular weight excluding hydrogens is 306 g/mol. The molecule has 2 heterocycles. The molecule has 0 unspecified atom stereocenters. The Morgan fingerprint density at radius 1 is 1.38 bits per heavy atom. The molecule has 7 nitrogen and oxygen atoms in total. The van der Waals surface area contributed by atoms with Gasteiger partial charge in [-0.05, 0) is 36.5 Å². The smallest absolute Gasteiger partial charge is 0.318 e. The van der Waals surface area contributed by atoms with Crippen LogP contribution in [0.5, 0.6) is 0 Å². The van der Waals surface area contributed by atoms with Crippen LogP contribution in [0.2, 0.25) is 0 Å². The highest BCUT2D eigenvalue weighted by Crippen LogP contribution is 2.36. The second kappa shape index (κ2) is 6.60. The second-order valence-electron chi connectivity index (χ2n) is 6.34. The average Bonchev–Trinajstić information content (AvgIpc) is 3.33. The number of carbonyl (C=O) groups excluding carboxylic acids is 1. The fraction of sp³-hybridized carbons (Fsp3) is 0.471. The molecule has 0 spiro atoms. The van der Waals surface area contributed by atoms with Gasteiger partial charge in [-0.1, -0.05) is 12.1 Å². The van der Waals surface area contributed by atoms with Crippen molar-refractivity contribution in [2.45, 2.75) is 25.4 Å². The molecule has 2 amide bonds. The summed E-state index contributed by atoms with van der Waals surface area (Å²) in [5, 5.41) is 7.17. The van der Waals surface area contributed by atoms with E-state index in [0.29, 0.717) is 32.2 Å². The molecule has 1 aliphatic carbocycles. The van der Waals surface area contributed by atoms with Crippen LogP contribution in [0.4, 0.5) is 4.79 Å². The SMILES string of the molecule is O=C(NCc1cccc(-n2cncn2)c1)N1CCOC[C@H]1C1CC1. The van der Waals surface area contributed by atoms with E-state index in [9.17, 15) is 4.79 Å². The Hall–Kier alpha value is -2.41. The van der Waals surface area contributed by atoms with Gasteiger partial charge in [0, 0.05) is 13.1 Å². The van der Waals surface area contributed by atoms with E-state index < -0.39 is 0 Å². The lowest BCUT2D eigenvalue weighted by Gasteiger charge is -2.35. The Morgan fingerprint density at radius 2 is 2.29 bits per heavy atom. The maximum Gasteiger partial charge on any atom is 0.318 e. The van der Waals surface area contributed by atoms with Gasteiger partial charge in [-0.3, -0.25) is 0 Å². The van der Waals surface area contributed by atoms with Crippen LogP contribution in [-0.2, 0) is 11.3 Å². The summed E-state index contributed by atoms with van der Waals surface area (Å²) in [6, 6.07) is 8.16. The lowest BCUT2D eigenvalue weighted by Crippen LogP contribution is -2.53. The van der Waals surface area contributed by atoms with Gasteiger partial charge in [0.2, 0.25) is 0 Å². The largest absolute Gasteiger partial charge is 0.377 e. The summed E-state index contributed by atoms with van der Waals surface area (Å²) >= 11 is 0.